The maximum Gasteiger partial charge on any atom is 0.246 e. The van der Waals surface area contributed by atoms with Crippen LogP contribution in [0.3, 0.4) is 0 Å². The van der Waals surface area contributed by atoms with Crippen molar-refractivity contribution in [2.24, 2.45) is 0 Å². The average molecular weight is 453 g/mol. The molecule has 1 aliphatic rings. The number of hydrogen-bond acceptors (Lipinski definition) is 6. The fraction of sp³-hybridized carbons (Fsp3) is 0.381. The molecule has 0 saturated carbocycles. The third-order valence-electron chi connectivity index (χ3n) is 5.13. The van der Waals surface area contributed by atoms with Gasteiger partial charge in [0.1, 0.15) is 10.7 Å². The van der Waals surface area contributed by atoms with Crippen molar-refractivity contribution < 1.29 is 31.8 Å². The number of hydrogen-bond donors (Lipinski definition) is 0. The Labute approximate surface area is 181 Å². The molecule has 3 rings (SSSR count). The topological polar surface area (TPSA) is 85.4 Å². The summed E-state index contributed by atoms with van der Waals surface area (Å²) >= 11 is 0. The van der Waals surface area contributed by atoms with Gasteiger partial charge in [0.05, 0.1) is 27.8 Å². The summed E-state index contributed by atoms with van der Waals surface area (Å²) in [6.45, 7) is 0.628. The summed E-state index contributed by atoms with van der Waals surface area (Å²) in [5, 5.41) is 0. The van der Waals surface area contributed by atoms with Gasteiger partial charge < -0.3 is 19.1 Å². The fourth-order valence-electron chi connectivity index (χ4n) is 3.49. The summed E-state index contributed by atoms with van der Waals surface area (Å²) in [6.07, 6.45) is 0.0940. The maximum absolute atomic E-state index is 14.0. The number of nitrogens with zero attached hydrogens (tertiary/aromatic N) is 2. The normalized spacial score (nSPS) is 14.9. The summed E-state index contributed by atoms with van der Waals surface area (Å²) in [5.74, 6) is 0.393. The molecule has 1 aliphatic heterocycles. The molecule has 2 aromatic carbocycles. The largest absolute Gasteiger partial charge is 0.493 e. The van der Waals surface area contributed by atoms with E-state index >= 15 is 0 Å². The predicted molar refractivity (Wildman–Crippen MR) is 112 cm³/mol. The fourth-order valence-corrected chi connectivity index (χ4v) is 4.98. The van der Waals surface area contributed by atoms with E-state index in [1.165, 1.54) is 43.8 Å². The van der Waals surface area contributed by atoms with E-state index in [4.69, 9.17) is 14.2 Å². The number of halogens is 1. The Morgan fingerprint density at radius 2 is 1.55 bits per heavy atom. The highest BCUT2D eigenvalue weighted by atomic mass is 32.2. The molecule has 168 valence electrons. The Bertz CT molecular complexity index is 1030. The van der Waals surface area contributed by atoms with Crippen LogP contribution in [0.25, 0.3) is 0 Å². The van der Waals surface area contributed by atoms with Crippen molar-refractivity contribution >= 4 is 15.9 Å². The van der Waals surface area contributed by atoms with E-state index in [1.807, 2.05) is 0 Å². The van der Waals surface area contributed by atoms with Crippen molar-refractivity contribution in [2.45, 2.75) is 11.3 Å². The van der Waals surface area contributed by atoms with Crippen LogP contribution in [0.2, 0.25) is 0 Å². The first-order valence-electron chi connectivity index (χ1n) is 9.63. The quantitative estimate of drug-likeness (QED) is 0.638. The molecule has 1 heterocycles. The van der Waals surface area contributed by atoms with Gasteiger partial charge in [-0.15, -0.1) is 0 Å². The molecule has 0 spiro atoms. The Morgan fingerprint density at radius 3 is 2.06 bits per heavy atom. The lowest BCUT2D eigenvalue weighted by molar-refractivity contribution is -0.131. The Hall–Kier alpha value is -2.85. The molecule has 0 aromatic heterocycles. The first-order chi connectivity index (χ1) is 14.8. The third-order valence-corrected chi connectivity index (χ3v) is 7.06. The second kappa shape index (κ2) is 9.52. The summed E-state index contributed by atoms with van der Waals surface area (Å²) in [5.41, 5.74) is 0.681. The van der Waals surface area contributed by atoms with Crippen molar-refractivity contribution in [3.63, 3.8) is 0 Å². The zero-order valence-electron chi connectivity index (χ0n) is 17.6. The Kier molecular flexibility index (Phi) is 7.01. The zero-order valence-corrected chi connectivity index (χ0v) is 18.4. The third kappa shape index (κ3) is 4.75. The monoisotopic (exact) mass is 452 g/mol. The van der Waals surface area contributed by atoms with Crippen molar-refractivity contribution in [3.05, 3.63) is 47.8 Å². The Balaban J connectivity index is 1.68. The highest BCUT2D eigenvalue weighted by Crippen LogP contribution is 2.38. The minimum Gasteiger partial charge on any atom is -0.493 e. The minimum atomic E-state index is -3.95. The number of rotatable bonds is 7. The predicted octanol–water partition coefficient (Wildman–Crippen LogP) is 1.93. The van der Waals surface area contributed by atoms with Crippen LogP contribution in [-0.2, 0) is 21.2 Å². The van der Waals surface area contributed by atoms with Crippen LogP contribution in [0.4, 0.5) is 4.39 Å². The zero-order chi connectivity index (χ0) is 22.6. The summed E-state index contributed by atoms with van der Waals surface area (Å²) in [4.78, 5) is 14.0. The number of ether oxygens (including phenoxy) is 3. The van der Waals surface area contributed by atoms with Gasteiger partial charge in [0.25, 0.3) is 0 Å². The van der Waals surface area contributed by atoms with Gasteiger partial charge >= 0.3 is 0 Å². The molecule has 31 heavy (non-hydrogen) atoms. The van der Waals surface area contributed by atoms with Gasteiger partial charge in [0, 0.05) is 26.2 Å². The van der Waals surface area contributed by atoms with Gasteiger partial charge in [-0.1, -0.05) is 12.1 Å². The molecule has 1 saturated heterocycles. The van der Waals surface area contributed by atoms with Crippen molar-refractivity contribution in [1.29, 1.82) is 0 Å². The van der Waals surface area contributed by atoms with E-state index in [1.54, 1.807) is 17.0 Å². The number of carbonyl (C=O) groups is 1. The van der Waals surface area contributed by atoms with E-state index in [9.17, 15) is 17.6 Å². The highest BCUT2D eigenvalue weighted by Gasteiger charge is 2.31. The molecule has 1 amide bonds. The second-order valence-electron chi connectivity index (χ2n) is 6.93. The minimum absolute atomic E-state index is 0.0940. The van der Waals surface area contributed by atoms with Crippen molar-refractivity contribution in [1.82, 2.24) is 9.21 Å². The number of piperazine rings is 1. The highest BCUT2D eigenvalue weighted by molar-refractivity contribution is 7.89. The number of sulfonamides is 1. The number of methoxy groups -OCH3 is 3. The second-order valence-corrected chi connectivity index (χ2v) is 8.83. The maximum atomic E-state index is 14.0. The lowest BCUT2D eigenvalue weighted by atomic mass is 10.1. The molecule has 0 bridgehead atoms. The number of carbonyl (C=O) groups excluding carboxylic acids is 1. The van der Waals surface area contributed by atoms with Crippen LogP contribution in [-0.4, -0.2) is 71.0 Å². The van der Waals surface area contributed by atoms with Gasteiger partial charge in [0.2, 0.25) is 21.7 Å². The van der Waals surface area contributed by atoms with E-state index in [0.717, 1.165) is 6.07 Å². The average Bonchev–Trinajstić information content (AvgIpc) is 2.78. The van der Waals surface area contributed by atoms with Crippen molar-refractivity contribution in [3.8, 4) is 17.2 Å². The molecule has 0 N–H and O–H groups in total. The van der Waals surface area contributed by atoms with E-state index in [2.05, 4.69) is 0 Å². The molecule has 0 atom stereocenters. The molecule has 2 aromatic rings. The molecular weight excluding hydrogens is 427 g/mol. The lowest BCUT2D eigenvalue weighted by Crippen LogP contribution is -2.51. The first-order valence-corrected chi connectivity index (χ1v) is 11.1. The van der Waals surface area contributed by atoms with Gasteiger partial charge in [-0.25, -0.2) is 12.8 Å². The lowest BCUT2D eigenvalue weighted by Gasteiger charge is -2.34. The molecule has 0 radical (unpaired) electrons. The van der Waals surface area contributed by atoms with E-state index in [-0.39, 0.29) is 43.4 Å². The van der Waals surface area contributed by atoms with Crippen LogP contribution >= 0.6 is 0 Å². The molecule has 10 heteroatoms. The van der Waals surface area contributed by atoms with Gasteiger partial charge in [-0.2, -0.15) is 4.31 Å². The Morgan fingerprint density at radius 1 is 0.968 bits per heavy atom. The van der Waals surface area contributed by atoms with E-state index < -0.39 is 15.8 Å². The van der Waals surface area contributed by atoms with Crippen molar-refractivity contribution in [2.75, 3.05) is 47.5 Å². The van der Waals surface area contributed by atoms with Gasteiger partial charge in [0.15, 0.2) is 11.5 Å². The van der Waals surface area contributed by atoms with Crippen LogP contribution in [0.1, 0.15) is 5.56 Å². The summed E-state index contributed by atoms with van der Waals surface area (Å²) in [7, 11) is 0.543. The standard InChI is InChI=1S/C21H25FN2O6S/c1-28-17-12-15(13-18(29-2)21(17)30-3)14-20(25)23-8-10-24(11-9-23)31(26,27)19-7-5-4-6-16(19)22/h4-7,12-13H,8-11,14H2,1-3H3. The smallest absolute Gasteiger partial charge is 0.246 e. The summed E-state index contributed by atoms with van der Waals surface area (Å²) < 4.78 is 56.5. The number of amides is 1. The van der Waals surface area contributed by atoms with Crippen LogP contribution in [0.5, 0.6) is 17.2 Å². The van der Waals surface area contributed by atoms with Crippen LogP contribution in [0, 0.1) is 5.82 Å². The molecule has 1 fully saturated rings. The van der Waals surface area contributed by atoms with Gasteiger partial charge in [-0.3, -0.25) is 4.79 Å². The van der Waals surface area contributed by atoms with Gasteiger partial charge in [-0.05, 0) is 29.8 Å². The SMILES string of the molecule is COc1cc(CC(=O)N2CCN(S(=O)(=O)c3ccccc3F)CC2)cc(OC)c1OC. The molecule has 0 aliphatic carbocycles. The van der Waals surface area contributed by atoms with Crippen LogP contribution < -0.4 is 14.2 Å². The van der Waals surface area contributed by atoms with E-state index in [0.29, 0.717) is 22.8 Å². The summed E-state index contributed by atoms with van der Waals surface area (Å²) in [6, 6.07) is 8.69. The first kappa shape index (κ1) is 22.8. The molecular formula is C21H25FN2O6S. The molecule has 0 unspecified atom stereocenters. The molecule has 8 nitrogen and oxygen atoms in total. The van der Waals surface area contributed by atoms with Crippen LogP contribution in [0.15, 0.2) is 41.3 Å². The number of benzene rings is 2.